The van der Waals surface area contributed by atoms with E-state index in [1.807, 2.05) is 0 Å². The summed E-state index contributed by atoms with van der Waals surface area (Å²) >= 11 is 5.85. The highest BCUT2D eigenvalue weighted by Crippen LogP contribution is 2.33. The summed E-state index contributed by atoms with van der Waals surface area (Å²) in [6.45, 7) is -0.671. The zero-order chi connectivity index (χ0) is 24.2. The highest BCUT2D eigenvalue weighted by Gasteiger charge is 2.29. The van der Waals surface area contributed by atoms with Gasteiger partial charge in [0, 0.05) is 11.8 Å². The van der Waals surface area contributed by atoms with Gasteiger partial charge in [-0.15, -0.1) is 0 Å². The smallest absolute Gasteiger partial charge is 0.264 e. The molecule has 0 aliphatic heterocycles. The van der Waals surface area contributed by atoms with Gasteiger partial charge in [0.25, 0.3) is 10.0 Å². The number of benzene rings is 3. The molecule has 3 aromatic rings. The van der Waals surface area contributed by atoms with Crippen LogP contribution in [0.1, 0.15) is 0 Å². The van der Waals surface area contributed by atoms with E-state index in [-0.39, 0.29) is 27.0 Å². The third-order valence-electron chi connectivity index (χ3n) is 4.55. The number of nitrogens with one attached hydrogen (secondary N) is 1. The lowest BCUT2D eigenvalue weighted by Crippen LogP contribution is -2.38. The summed E-state index contributed by atoms with van der Waals surface area (Å²) in [7, 11) is -1.59. The van der Waals surface area contributed by atoms with Crippen molar-refractivity contribution in [1.29, 1.82) is 0 Å². The van der Waals surface area contributed by atoms with Gasteiger partial charge in [-0.3, -0.25) is 9.10 Å². The first-order valence-corrected chi connectivity index (χ1v) is 11.2. The normalized spacial score (nSPS) is 11.1. The number of methoxy groups -OCH3 is 2. The SMILES string of the molecule is COc1ccc(S(=O)(=O)N(CC(=O)Nc2ccc(F)cc2)c2ccc(F)c(Cl)c2)cc1OC. The predicted octanol–water partition coefficient (Wildman–Crippen LogP) is 4.47. The molecule has 0 saturated heterocycles. The third-order valence-corrected chi connectivity index (χ3v) is 6.61. The molecule has 0 fully saturated rings. The Balaban J connectivity index is 2.01. The number of hydrogen-bond donors (Lipinski definition) is 1. The Bertz CT molecular complexity index is 1270. The Morgan fingerprint density at radius 3 is 2.24 bits per heavy atom. The number of nitrogens with zero attached hydrogens (tertiary/aromatic N) is 1. The van der Waals surface area contributed by atoms with Gasteiger partial charge >= 0.3 is 0 Å². The molecule has 0 saturated carbocycles. The number of anilines is 2. The minimum Gasteiger partial charge on any atom is -0.493 e. The van der Waals surface area contributed by atoms with Crippen LogP contribution in [0, 0.1) is 11.6 Å². The van der Waals surface area contributed by atoms with Gasteiger partial charge in [0.05, 0.1) is 29.8 Å². The molecule has 0 heterocycles. The van der Waals surface area contributed by atoms with Gasteiger partial charge in [-0.1, -0.05) is 11.6 Å². The first-order chi connectivity index (χ1) is 15.6. The lowest BCUT2D eigenvalue weighted by Gasteiger charge is -2.24. The van der Waals surface area contributed by atoms with E-state index in [1.165, 1.54) is 50.6 Å². The maximum atomic E-state index is 13.7. The number of carbonyl (C=O) groups excluding carboxylic acids is 1. The minimum atomic E-state index is -4.34. The second kappa shape index (κ2) is 10.1. The van der Waals surface area contributed by atoms with Crippen LogP contribution in [0.3, 0.4) is 0 Å². The molecule has 0 spiro atoms. The molecule has 0 atom stereocenters. The maximum Gasteiger partial charge on any atom is 0.264 e. The lowest BCUT2D eigenvalue weighted by molar-refractivity contribution is -0.114. The number of amides is 1. The van der Waals surface area contributed by atoms with Crippen molar-refractivity contribution in [1.82, 2.24) is 0 Å². The van der Waals surface area contributed by atoms with E-state index in [0.717, 1.165) is 28.6 Å². The van der Waals surface area contributed by atoms with Crippen molar-refractivity contribution in [3.8, 4) is 11.5 Å². The molecule has 33 heavy (non-hydrogen) atoms. The zero-order valence-corrected chi connectivity index (χ0v) is 19.1. The van der Waals surface area contributed by atoms with Crippen molar-refractivity contribution in [2.24, 2.45) is 0 Å². The van der Waals surface area contributed by atoms with Crippen LogP contribution in [-0.4, -0.2) is 35.1 Å². The Hall–Kier alpha value is -3.37. The fourth-order valence-electron chi connectivity index (χ4n) is 2.92. The van der Waals surface area contributed by atoms with Crippen LogP contribution in [-0.2, 0) is 14.8 Å². The van der Waals surface area contributed by atoms with Crippen LogP contribution in [0.2, 0.25) is 5.02 Å². The number of halogens is 3. The molecule has 174 valence electrons. The molecule has 11 heteroatoms. The van der Waals surface area contributed by atoms with Gasteiger partial charge in [-0.05, 0) is 54.6 Å². The van der Waals surface area contributed by atoms with Crippen LogP contribution >= 0.6 is 11.6 Å². The molecule has 0 aromatic heterocycles. The summed E-state index contributed by atoms with van der Waals surface area (Å²) in [5, 5.41) is 2.18. The van der Waals surface area contributed by atoms with Gasteiger partial charge in [-0.2, -0.15) is 0 Å². The molecule has 1 N–H and O–H groups in total. The predicted molar refractivity (Wildman–Crippen MR) is 121 cm³/mol. The van der Waals surface area contributed by atoms with E-state index >= 15 is 0 Å². The third kappa shape index (κ3) is 5.52. The number of sulfonamides is 1. The largest absolute Gasteiger partial charge is 0.493 e. The quantitative estimate of drug-likeness (QED) is 0.497. The maximum absolute atomic E-state index is 13.7. The van der Waals surface area contributed by atoms with Crippen molar-refractivity contribution >= 4 is 38.9 Å². The highest BCUT2D eigenvalue weighted by molar-refractivity contribution is 7.92. The van der Waals surface area contributed by atoms with E-state index in [4.69, 9.17) is 21.1 Å². The number of carbonyl (C=O) groups is 1. The standard InChI is InChI=1S/C22H19ClF2N2O5S/c1-31-20-10-8-17(12-21(20)32-2)33(29,30)27(16-7-9-19(25)18(23)11-16)13-22(28)26-15-5-3-14(24)4-6-15/h3-12H,13H2,1-2H3,(H,26,28). The van der Waals surface area contributed by atoms with Crippen LogP contribution in [0.25, 0.3) is 0 Å². The summed E-state index contributed by atoms with van der Waals surface area (Å²) < 4.78 is 64.9. The van der Waals surface area contributed by atoms with Crippen molar-refractivity contribution in [3.05, 3.63) is 77.3 Å². The second-order valence-electron chi connectivity index (χ2n) is 6.68. The fourth-order valence-corrected chi connectivity index (χ4v) is 4.53. The molecule has 0 aliphatic rings. The molecular formula is C22H19ClF2N2O5S. The Morgan fingerprint density at radius 1 is 0.970 bits per heavy atom. The molecule has 0 aliphatic carbocycles. The Morgan fingerprint density at radius 2 is 1.64 bits per heavy atom. The Labute approximate surface area is 194 Å². The van der Waals surface area contributed by atoms with Gasteiger partial charge in [-0.25, -0.2) is 17.2 Å². The van der Waals surface area contributed by atoms with E-state index < -0.39 is 34.1 Å². The van der Waals surface area contributed by atoms with Crippen molar-refractivity contribution in [2.45, 2.75) is 4.90 Å². The van der Waals surface area contributed by atoms with Crippen LogP contribution in [0.15, 0.2) is 65.6 Å². The van der Waals surface area contributed by atoms with Crippen LogP contribution < -0.4 is 19.1 Å². The average Bonchev–Trinajstić information content (AvgIpc) is 2.80. The number of ether oxygens (including phenoxy) is 2. The van der Waals surface area contributed by atoms with E-state index in [1.54, 1.807) is 0 Å². The summed E-state index contributed by atoms with van der Waals surface area (Å²) in [6, 6.07) is 12.2. The molecular weight excluding hydrogens is 478 g/mol. The first kappa shape index (κ1) is 24.3. The van der Waals surface area contributed by atoms with Crippen molar-refractivity contribution < 1.29 is 31.5 Å². The fraction of sp³-hybridized carbons (Fsp3) is 0.136. The van der Waals surface area contributed by atoms with E-state index in [0.29, 0.717) is 5.75 Å². The molecule has 3 rings (SSSR count). The summed E-state index contributed by atoms with van der Waals surface area (Å²) in [5.74, 6) is -1.49. The summed E-state index contributed by atoms with van der Waals surface area (Å²) in [5.41, 5.74) is 0.229. The molecule has 7 nitrogen and oxygen atoms in total. The first-order valence-electron chi connectivity index (χ1n) is 9.41. The topological polar surface area (TPSA) is 84.9 Å². The van der Waals surface area contributed by atoms with Crippen LogP contribution in [0.4, 0.5) is 20.2 Å². The second-order valence-corrected chi connectivity index (χ2v) is 8.95. The molecule has 3 aromatic carbocycles. The monoisotopic (exact) mass is 496 g/mol. The van der Waals surface area contributed by atoms with Gasteiger partial charge in [0.15, 0.2) is 11.5 Å². The molecule has 1 amide bonds. The molecule has 0 radical (unpaired) electrons. The minimum absolute atomic E-state index is 0.0366. The number of hydrogen-bond acceptors (Lipinski definition) is 5. The van der Waals surface area contributed by atoms with E-state index in [9.17, 15) is 22.0 Å². The van der Waals surface area contributed by atoms with Crippen LogP contribution in [0.5, 0.6) is 11.5 Å². The van der Waals surface area contributed by atoms with Gasteiger partial charge < -0.3 is 14.8 Å². The van der Waals surface area contributed by atoms with Crippen molar-refractivity contribution in [2.75, 3.05) is 30.4 Å². The molecule has 0 bridgehead atoms. The highest BCUT2D eigenvalue weighted by atomic mass is 35.5. The van der Waals surface area contributed by atoms with Gasteiger partial charge in [0.1, 0.15) is 18.2 Å². The van der Waals surface area contributed by atoms with E-state index in [2.05, 4.69) is 5.32 Å². The zero-order valence-electron chi connectivity index (χ0n) is 17.5. The molecule has 0 unspecified atom stereocenters. The van der Waals surface area contributed by atoms with Gasteiger partial charge in [0.2, 0.25) is 5.91 Å². The number of rotatable bonds is 8. The Kier molecular flexibility index (Phi) is 7.39. The average molecular weight is 497 g/mol. The lowest BCUT2D eigenvalue weighted by atomic mass is 10.3. The summed E-state index contributed by atoms with van der Waals surface area (Å²) in [6.07, 6.45) is 0. The van der Waals surface area contributed by atoms with Crippen molar-refractivity contribution in [3.63, 3.8) is 0 Å². The summed E-state index contributed by atoms with van der Waals surface area (Å²) in [4.78, 5) is 12.5.